The molecule has 2 rings (SSSR count). The van der Waals surface area contributed by atoms with Gasteiger partial charge in [-0.1, -0.05) is 25.4 Å². The third kappa shape index (κ3) is 4.03. The van der Waals surface area contributed by atoms with E-state index in [9.17, 15) is 10.1 Å². The number of nitrogens with zero attached hydrogens (tertiary/aromatic N) is 3. The van der Waals surface area contributed by atoms with Crippen molar-refractivity contribution in [2.45, 2.75) is 20.4 Å². The van der Waals surface area contributed by atoms with Crippen LogP contribution < -0.4 is 5.32 Å². The molecular formula is C14H17ClN4O2. The summed E-state index contributed by atoms with van der Waals surface area (Å²) in [7, 11) is 0. The van der Waals surface area contributed by atoms with Gasteiger partial charge < -0.3 is 5.32 Å². The highest BCUT2D eigenvalue weighted by Crippen LogP contribution is 2.26. The molecule has 2 aromatic rings. The molecule has 21 heavy (non-hydrogen) atoms. The molecule has 1 aromatic heterocycles. The number of hydrogen-bond acceptors (Lipinski definition) is 4. The maximum Gasteiger partial charge on any atom is 0.290 e. The second-order valence-corrected chi connectivity index (χ2v) is 5.58. The van der Waals surface area contributed by atoms with Crippen molar-refractivity contribution in [2.75, 3.05) is 6.54 Å². The molecule has 0 bridgehead atoms. The highest BCUT2D eigenvalue weighted by molar-refractivity contribution is 6.32. The van der Waals surface area contributed by atoms with E-state index in [1.165, 1.54) is 12.1 Å². The molecule has 1 N–H and O–H groups in total. The average molecular weight is 309 g/mol. The summed E-state index contributed by atoms with van der Waals surface area (Å²) in [6.07, 6.45) is 1.78. The highest BCUT2D eigenvalue weighted by Gasteiger charge is 2.14. The largest absolute Gasteiger partial charge is 0.311 e. The molecule has 7 heteroatoms. The lowest BCUT2D eigenvalue weighted by Gasteiger charge is -2.05. The maximum absolute atomic E-state index is 10.9. The first-order valence-corrected chi connectivity index (χ1v) is 7.04. The van der Waals surface area contributed by atoms with Gasteiger partial charge in [0.1, 0.15) is 5.02 Å². The number of halogens is 1. The number of nitro groups is 1. The van der Waals surface area contributed by atoms with E-state index in [0.29, 0.717) is 18.2 Å². The van der Waals surface area contributed by atoms with E-state index in [1.807, 2.05) is 6.07 Å². The Balaban J connectivity index is 2.14. The Bertz CT molecular complexity index is 640. The second kappa shape index (κ2) is 6.69. The molecule has 0 saturated carbocycles. The number of nitro benzene ring substituents is 1. The number of rotatable bonds is 6. The van der Waals surface area contributed by atoms with E-state index in [0.717, 1.165) is 12.2 Å². The lowest BCUT2D eigenvalue weighted by Crippen LogP contribution is -2.19. The fraction of sp³-hybridized carbons (Fsp3) is 0.357. The lowest BCUT2D eigenvalue weighted by atomic mass is 10.2. The summed E-state index contributed by atoms with van der Waals surface area (Å²) in [6.45, 7) is 5.86. The van der Waals surface area contributed by atoms with Crippen molar-refractivity contribution in [3.8, 4) is 5.69 Å². The number of benzene rings is 1. The molecule has 0 radical (unpaired) electrons. The Morgan fingerprint density at radius 1 is 1.43 bits per heavy atom. The van der Waals surface area contributed by atoms with Gasteiger partial charge in [-0.05, 0) is 30.7 Å². The van der Waals surface area contributed by atoms with Crippen LogP contribution in [0.3, 0.4) is 0 Å². The molecule has 0 unspecified atom stereocenters. The predicted octanol–water partition coefficient (Wildman–Crippen LogP) is 3.18. The minimum atomic E-state index is -0.500. The first-order chi connectivity index (χ1) is 9.97. The summed E-state index contributed by atoms with van der Waals surface area (Å²) in [5, 5.41) is 18.7. The second-order valence-electron chi connectivity index (χ2n) is 5.17. The Morgan fingerprint density at radius 3 is 2.86 bits per heavy atom. The van der Waals surface area contributed by atoms with Crippen molar-refractivity contribution in [1.82, 2.24) is 15.1 Å². The Labute approximate surface area is 127 Å². The summed E-state index contributed by atoms with van der Waals surface area (Å²) in [4.78, 5) is 10.4. The molecule has 0 atom stereocenters. The normalized spacial score (nSPS) is 11.0. The molecule has 6 nitrogen and oxygen atoms in total. The number of hydrogen-bond donors (Lipinski definition) is 1. The average Bonchev–Trinajstić information content (AvgIpc) is 2.87. The van der Waals surface area contributed by atoms with Crippen LogP contribution in [0.5, 0.6) is 0 Å². The van der Waals surface area contributed by atoms with Crippen molar-refractivity contribution in [3.63, 3.8) is 0 Å². The van der Waals surface area contributed by atoms with Gasteiger partial charge in [0, 0.05) is 18.8 Å². The zero-order valence-electron chi connectivity index (χ0n) is 11.9. The summed E-state index contributed by atoms with van der Waals surface area (Å²) in [5.41, 5.74) is 1.37. The van der Waals surface area contributed by atoms with E-state index in [1.54, 1.807) is 16.9 Å². The van der Waals surface area contributed by atoms with Crippen LogP contribution in [0.1, 0.15) is 19.5 Å². The van der Waals surface area contributed by atoms with Crippen molar-refractivity contribution < 1.29 is 4.92 Å². The first kappa shape index (κ1) is 15.5. The summed E-state index contributed by atoms with van der Waals surface area (Å²) in [6, 6.07) is 6.51. The van der Waals surface area contributed by atoms with E-state index in [4.69, 9.17) is 11.6 Å². The summed E-state index contributed by atoms with van der Waals surface area (Å²) < 4.78 is 1.61. The van der Waals surface area contributed by atoms with E-state index in [2.05, 4.69) is 24.3 Å². The topological polar surface area (TPSA) is 73.0 Å². The van der Waals surface area contributed by atoms with Gasteiger partial charge in [-0.25, -0.2) is 4.68 Å². The first-order valence-electron chi connectivity index (χ1n) is 6.67. The van der Waals surface area contributed by atoms with Crippen molar-refractivity contribution in [2.24, 2.45) is 5.92 Å². The monoisotopic (exact) mass is 308 g/mol. The molecule has 0 aliphatic rings. The van der Waals surface area contributed by atoms with E-state index >= 15 is 0 Å². The lowest BCUT2D eigenvalue weighted by molar-refractivity contribution is -0.384. The smallest absolute Gasteiger partial charge is 0.290 e. The molecule has 1 aromatic carbocycles. The van der Waals surface area contributed by atoms with Gasteiger partial charge >= 0.3 is 0 Å². The molecular weight excluding hydrogens is 292 g/mol. The Morgan fingerprint density at radius 2 is 2.19 bits per heavy atom. The molecule has 0 aliphatic carbocycles. The maximum atomic E-state index is 10.9. The van der Waals surface area contributed by atoms with Crippen molar-refractivity contribution in [1.29, 1.82) is 0 Å². The Kier molecular flexibility index (Phi) is 4.93. The molecule has 0 amide bonds. The van der Waals surface area contributed by atoms with Crippen LogP contribution in [-0.4, -0.2) is 21.2 Å². The zero-order valence-corrected chi connectivity index (χ0v) is 12.7. The number of nitrogens with one attached hydrogen (secondary N) is 1. The van der Waals surface area contributed by atoms with Gasteiger partial charge in [0.05, 0.1) is 16.3 Å². The van der Waals surface area contributed by atoms with Gasteiger partial charge in [0.15, 0.2) is 0 Å². The van der Waals surface area contributed by atoms with Gasteiger partial charge in [-0.3, -0.25) is 10.1 Å². The van der Waals surface area contributed by atoms with Crippen LogP contribution in [0.15, 0.2) is 30.5 Å². The van der Waals surface area contributed by atoms with Crippen molar-refractivity contribution >= 4 is 17.3 Å². The predicted molar refractivity (Wildman–Crippen MR) is 81.8 cm³/mol. The molecule has 0 fully saturated rings. The Hall–Kier alpha value is -1.92. The van der Waals surface area contributed by atoms with Gasteiger partial charge in [-0.2, -0.15) is 5.10 Å². The third-order valence-electron chi connectivity index (χ3n) is 2.89. The quantitative estimate of drug-likeness (QED) is 0.657. The summed E-state index contributed by atoms with van der Waals surface area (Å²) >= 11 is 5.80. The van der Waals surface area contributed by atoms with Gasteiger partial charge in [-0.15, -0.1) is 0 Å². The standard InChI is InChI=1S/C14H17ClN4O2/c1-10(2)8-16-9-11-5-6-18(17-11)12-3-4-13(15)14(7-12)19(20)21/h3-7,10,16H,8-9H2,1-2H3. The van der Waals surface area contributed by atoms with Crippen LogP contribution in [0.4, 0.5) is 5.69 Å². The molecule has 0 aliphatic heterocycles. The van der Waals surface area contributed by atoms with E-state index in [-0.39, 0.29) is 10.7 Å². The minimum absolute atomic E-state index is 0.120. The summed E-state index contributed by atoms with van der Waals surface area (Å²) in [5.74, 6) is 0.575. The van der Waals surface area contributed by atoms with Gasteiger partial charge in [0.2, 0.25) is 0 Å². The van der Waals surface area contributed by atoms with E-state index < -0.39 is 4.92 Å². The highest BCUT2D eigenvalue weighted by atomic mass is 35.5. The van der Waals surface area contributed by atoms with Crippen LogP contribution in [0, 0.1) is 16.0 Å². The van der Waals surface area contributed by atoms with Crippen LogP contribution in [0.2, 0.25) is 5.02 Å². The number of aromatic nitrogens is 2. The SMILES string of the molecule is CC(C)CNCc1ccn(-c2ccc(Cl)c([N+](=O)[O-])c2)n1. The van der Waals surface area contributed by atoms with Crippen LogP contribution in [0.25, 0.3) is 5.69 Å². The zero-order chi connectivity index (χ0) is 15.4. The van der Waals surface area contributed by atoms with Crippen LogP contribution in [-0.2, 0) is 6.54 Å². The van der Waals surface area contributed by atoms with Gasteiger partial charge in [0.25, 0.3) is 5.69 Å². The molecule has 0 saturated heterocycles. The fourth-order valence-corrected chi connectivity index (χ4v) is 2.06. The molecule has 112 valence electrons. The molecule has 1 heterocycles. The minimum Gasteiger partial charge on any atom is -0.311 e. The fourth-order valence-electron chi connectivity index (χ4n) is 1.87. The van der Waals surface area contributed by atoms with Crippen LogP contribution >= 0.6 is 11.6 Å². The third-order valence-corrected chi connectivity index (χ3v) is 3.21. The van der Waals surface area contributed by atoms with Crippen molar-refractivity contribution in [3.05, 3.63) is 51.3 Å². The molecule has 0 spiro atoms.